The molecule has 0 aliphatic carbocycles. The van der Waals surface area contributed by atoms with Crippen molar-refractivity contribution in [2.24, 2.45) is 0 Å². The summed E-state index contributed by atoms with van der Waals surface area (Å²) in [4.78, 5) is 26.7. The summed E-state index contributed by atoms with van der Waals surface area (Å²) in [5.74, 6) is -0.706. The third kappa shape index (κ3) is 4.50. The summed E-state index contributed by atoms with van der Waals surface area (Å²) in [5.41, 5.74) is 3.72. The fraction of sp³-hybridized carbons (Fsp3) is 0. The number of hydrogen-bond donors (Lipinski definition) is 2. The molecular formula is C17H14N2O3. The third-order valence-electron chi connectivity index (χ3n) is 2.85. The maximum absolute atomic E-state index is 11.9. The van der Waals surface area contributed by atoms with E-state index in [1.807, 2.05) is 12.1 Å². The Morgan fingerprint density at radius 3 is 2.18 bits per heavy atom. The number of carbonyl (C=O) groups excluding carboxylic acids is 2. The molecule has 1 heterocycles. The fourth-order valence-corrected chi connectivity index (χ4v) is 1.70. The van der Waals surface area contributed by atoms with Crippen LogP contribution >= 0.6 is 0 Å². The second-order valence-corrected chi connectivity index (χ2v) is 4.42. The van der Waals surface area contributed by atoms with E-state index in [1.165, 1.54) is 23.8 Å². The molecule has 0 radical (unpaired) electrons. The normalized spacial score (nSPS) is 11.0. The van der Waals surface area contributed by atoms with Crippen molar-refractivity contribution in [3.63, 3.8) is 0 Å². The number of allylic oxidation sites excluding steroid dienone is 1. The minimum absolute atomic E-state index is 0.114. The molecule has 1 aromatic heterocycles. The van der Waals surface area contributed by atoms with Gasteiger partial charge >= 0.3 is 0 Å². The quantitative estimate of drug-likeness (QED) is 0.384. The number of ketones is 1. The van der Waals surface area contributed by atoms with Crippen LogP contribution in [0.5, 0.6) is 0 Å². The van der Waals surface area contributed by atoms with Crippen molar-refractivity contribution in [1.82, 2.24) is 10.5 Å². The summed E-state index contributed by atoms with van der Waals surface area (Å²) in [5, 5.41) is 8.38. The first-order valence-corrected chi connectivity index (χ1v) is 6.54. The maximum atomic E-state index is 11.9. The smallest absolute Gasteiger partial charge is 0.267 e. The van der Waals surface area contributed by atoms with Crippen LogP contribution in [0.1, 0.15) is 21.5 Å². The lowest BCUT2D eigenvalue weighted by Crippen LogP contribution is -2.14. The van der Waals surface area contributed by atoms with Gasteiger partial charge in [0.1, 0.15) is 0 Å². The van der Waals surface area contributed by atoms with E-state index in [0.29, 0.717) is 5.56 Å². The van der Waals surface area contributed by atoms with Gasteiger partial charge in [-0.2, -0.15) is 0 Å². The van der Waals surface area contributed by atoms with E-state index in [4.69, 9.17) is 5.21 Å². The van der Waals surface area contributed by atoms with E-state index in [0.717, 1.165) is 11.1 Å². The number of amides is 1. The van der Waals surface area contributed by atoms with Gasteiger partial charge in [0, 0.05) is 24.0 Å². The minimum Gasteiger partial charge on any atom is -0.289 e. The molecule has 5 heteroatoms. The van der Waals surface area contributed by atoms with Crippen LogP contribution in [0.3, 0.4) is 0 Å². The number of nitrogens with zero attached hydrogens (tertiary/aromatic N) is 1. The van der Waals surface area contributed by atoms with E-state index in [2.05, 4.69) is 4.98 Å². The Morgan fingerprint density at radius 2 is 1.64 bits per heavy atom. The number of carbonyl (C=O) groups is 2. The third-order valence-corrected chi connectivity index (χ3v) is 2.85. The zero-order valence-electron chi connectivity index (χ0n) is 11.6. The van der Waals surface area contributed by atoms with E-state index < -0.39 is 5.91 Å². The molecule has 1 aromatic carbocycles. The molecule has 22 heavy (non-hydrogen) atoms. The molecule has 0 saturated heterocycles. The number of nitrogens with one attached hydrogen (secondary N) is 1. The molecule has 0 aliphatic heterocycles. The Labute approximate surface area is 127 Å². The Hall–Kier alpha value is -3.05. The fourth-order valence-electron chi connectivity index (χ4n) is 1.70. The summed E-state index contributed by atoms with van der Waals surface area (Å²) in [6, 6.07) is 10.7. The zero-order chi connectivity index (χ0) is 15.8. The van der Waals surface area contributed by atoms with Gasteiger partial charge in [0.05, 0.1) is 0 Å². The SMILES string of the molecule is O=C(/C=C/c1ccc(/C=C/C(=O)c2cccnc2)cc1)NO. The summed E-state index contributed by atoms with van der Waals surface area (Å²) in [6.45, 7) is 0. The molecular weight excluding hydrogens is 280 g/mol. The molecule has 0 saturated carbocycles. The van der Waals surface area contributed by atoms with Crippen molar-refractivity contribution >= 4 is 23.8 Å². The highest BCUT2D eigenvalue weighted by atomic mass is 16.5. The van der Waals surface area contributed by atoms with Crippen LogP contribution in [-0.2, 0) is 4.79 Å². The van der Waals surface area contributed by atoms with Gasteiger partial charge in [-0.05, 0) is 35.4 Å². The van der Waals surface area contributed by atoms with Crippen LogP contribution in [0, 0.1) is 0 Å². The number of benzene rings is 1. The average molecular weight is 294 g/mol. The molecule has 2 aromatic rings. The molecule has 2 N–H and O–H groups in total. The molecule has 110 valence electrons. The summed E-state index contributed by atoms with van der Waals surface area (Å²) in [6.07, 6.45) is 9.12. The van der Waals surface area contributed by atoms with Gasteiger partial charge in [-0.1, -0.05) is 30.3 Å². The highest BCUT2D eigenvalue weighted by molar-refractivity contribution is 6.06. The van der Waals surface area contributed by atoms with Crippen molar-refractivity contribution in [2.75, 3.05) is 0 Å². The monoisotopic (exact) mass is 294 g/mol. The lowest BCUT2D eigenvalue weighted by atomic mass is 10.1. The minimum atomic E-state index is -0.592. The van der Waals surface area contributed by atoms with E-state index in [1.54, 1.807) is 42.6 Å². The summed E-state index contributed by atoms with van der Waals surface area (Å²) >= 11 is 0. The highest BCUT2D eigenvalue weighted by Gasteiger charge is 2.00. The molecule has 0 aliphatic rings. The van der Waals surface area contributed by atoms with Crippen molar-refractivity contribution in [3.8, 4) is 0 Å². The number of rotatable bonds is 5. The van der Waals surface area contributed by atoms with E-state index in [9.17, 15) is 9.59 Å². The van der Waals surface area contributed by atoms with Gasteiger partial charge in [-0.3, -0.25) is 19.8 Å². The first-order chi connectivity index (χ1) is 10.7. The second kappa shape index (κ2) is 7.66. The topological polar surface area (TPSA) is 79.3 Å². The van der Waals surface area contributed by atoms with Gasteiger partial charge in [0.2, 0.25) is 0 Å². The predicted octanol–water partition coefficient (Wildman–Crippen LogP) is 2.50. The lowest BCUT2D eigenvalue weighted by molar-refractivity contribution is -0.124. The molecule has 0 spiro atoms. The Morgan fingerprint density at radius 1 is 1.00 bits per heavy atom. The molecule has 0 atom stereocenters. The van der Waals surface area contributed by atoms with Crippen LogP contribution in [-0.4, -0.2) is 21.9 Å². The van der Waals surface area contributed by atoms with Crippen LogP contribution in [0.25, 0.3) is 12.2 Å². The number of hydroxylamine groups is 1. The van der Waals surface area contributed by atoms with E-state index in [-0.39, 0.29) is 5.78 Å². The van der Waals surface area contributed by atoms with Crippen molar-refractivity contribution in [2.45, 2.75) is 0 Å². The lowest BCUT2D eigenvalue weighted by Gasteiger charge is -1.97. The van der Waals surface area contributed by atoms with Crippen molar-refractivity contribution in [3.05, 3.63) is 77.6 Å². The zero-order valence-corrected chi connectivity index (χ0v) is 11.6. The first-order valence-electron chi connectivity index (χ1n) is 6.54. The standard InChI is InChI=1S/C17H14N2O3/c20-16(15-2-1-11-18-12-15)9-7-13-3-5-14(6-4-13)8-10-17(21)19-22/h1-12,22H,(H,19,21)/b9-7+,10-8+. The first kappa shape index (κ1) is 15.3. The van der Waals surface area contributed by atoms with Gasteiger partial charge in [-0.25, -0.2) is 5.48 Å². The van der Waals surface area contributed by atoms with Crippen molar-refractivity contribution < 1.29 is 14.8 Å². The van der Waals surface area contributed by atoms with Crippen LogP contribution in [0.4, 0.5) is 0 Å². The highest BCUT2D eigenvalue weighted by Crippen LogP contribution is 2.09. The summed E-state index contributed by atoms with van der Waals surface area (Å²) < 4.78 is 0. The largest absolute Gasteiger partial charge is 0.289 e. The average Bonchev–Trinajstić information content (AvgIpc) is 2.59. The molecule has 1 amide bonds. The van der Waals surface area contributed by atoms with Crippen molar-refractivity contribution in [1.29, 1.82) is 0 Å². The van der Waals surface area contributed by atoms with Gasteiger partial charge < -0.3 is 0 Å². The number of pyridine rings is 1. The maximum Gasteiger partial charge on any atom is 0.267 e. The molecule has 0 unspecified atom stereocenters. The number of aromatic nitrogens is 1. The number of hydrogen-bond acceptors (Lipinski definition) is 4. The molecule has 0 bridgehead atoms. The molecule has 2 rings (SSSR count). The second-order valence-electron chi connectivity index (χ2n) is 4.42. The molecule has 5 nitrogen and oxygen atoms in total. The Bertz CT molecular complexity index is 704. The van der Waals surface area contributed by atoms with Crippen LogP contribution in [0.15, 0.2) is 60.9 Å². The predicted molar refractivity (Wildman–Crippen MR) is 83.0 cm³/mol. The van der Waals surface area contributed by atoms with Crippen LogP contribution in [0.2, 0.25) is 0 Å². The molecule has 0 fully saturated rings. The van der Waals surface area contributed by atoms with E-state index >= 15 is 0 Å². The Kier molecular flexibility index (Phi) is 5.34. The van der Waals surface area contributed by atoms with Gasteiger partial charge in [0.15, 0.2) is 5.78 Å². The summed E-state index contributed by atoms with van der Waals surface area (Å²) in [7, 11) is 0. The van der Waals surface area contributed by atoms with Crippen LogP contribution < -0.4 is 5.48 Å². The van der Waals surface area contributed by atoms with Gasteiger partial charge in [-0.15, -0.1) is 0 Å². The Balaban J connectivity index is 2.02. The van der Waals surface area contributed by atoms with Gasteiger partial charge in [0.25, 0.3) is 5.91 Å².